The highest BCUT2D eigenvalue weighted by Gasteiger charge is 2.25. The molecule has 1 heterocycles. The van der Waals surface area contributed by atoms with Gasteiger partial charge in [0.25, 0.3) is 0 Å². The van der Waals surface area contributed by atoms with E-state index in [1.807, 2.05) is 19.2 Å². The topological polar surface area (TPSA) is 24.5 Å². The van der Waals surface area contributed by atoms with Crippen LogP contribution in [0.2, 0.25) is 5.02 Å². The van der Waals surface area contributed by atoms with Gasteiger partial charge in [-0.15, -0.1) is 0 Å². The van der Waals surface area contributed by atoms with Gasteiger partial charge in [0.15, 0.2) is 0 Å². The number of halogens is 1. The Kier molecular flexibility index (Phi) is 5.64. The molecule has 0 amide bonds. The summed E-state index contributed by atoms with van der Waals surface area (Å²) < 4.78 is 5.60. The molecule has 0 radical (unpaired) electrons. The van der Waals surface area contributed by atoms with E-state index in [2.05, 4.69) is 29.4 Å². The van der Waals surface area contributed by atoms with Gasteiger partial charge in [0, 0.05) is 36.7 Å². The molecule has 0 aliphatic carbocycles. The van der Waals surface area contributed by atoms with Crippen LogP contribution < -0.4 is 5.32 Å². The Morgan fingerprint density at radius 3 is 2.79 bits per heavy atom. The molecule has 1 aromatic rings. The molecule has 3 nitrogen and oxygen atoms in total. The summed E-state index contributed by atoms with van der Waals surface area (Å²) in [5.41, 5.74) is 1.30. The van der Waals surface area contributed by atoms with Crippen LogP contribution in [0.15, 0.2) is 24.3 Å². The Hall–Kier alpha value is -0.610. The number of nitrogens with one attached hydrogen (secondary N) is 1. The van der Waals surface area contributed by atoms with Crippen LogP contribution in [0.1, 0.15) is 12.0 Å². The lowest BCUT2D eigenvalue weighted by molar-refractivity contribution is 0.0208. The zero-order valence-corrected chi connectivity index (χ0v) is 12.5. The van der Waals surface area contributed by atoms with Crippen molar-refractivity contribution in [2.24, 2.45) is 5.92 Å². The molecule has 2 unspecified atom stereocenters. The molecule has 1 saturated heterocycles. The van der Waals surface area contributed by atoms with E-state index in [1.165, 1.54) is 5.56 Å². The summed E-state index contributed by atoms with van der Waals surface area (Å²) in [7, 11) is 4.21. The van der Waals surface area contributed by atoms with Crippen molar-refractivity contribution < 1.29 is 4.74 Å². The van der Waals surface area contributed by atoms with Gasteiger partial charge >= 0.3 is 0 Å². The van der Waals surface area contributed by atoms with Crippen molar-refractivity contribution in [3.05, 3.63) is 34.9 Å². The van der Waals surface area contributed by atoms with Crippen LogP contribution in [0.5, 0.6) is 0 Å². The third-order valence-electron chi connectivity index (χ3n) is 3.76. The third kappa shape index (κ3) is 4.46. The highest BCUT2D eigenvalue weighted by Crippen LogP contribution is 2.17. The monoisotopic (exact) mass is 282 g/mol. The average molecular weight is 283 g/mol. The zero-order valence-electron chi connectivity index (χ0n) is 11.7. The maximum Gasteiger partial charge on any atom is 0.0521 e. The molecule has 19 heavy (non-hydrogen) atoms. The van der Waals surface area contributed by atoms with E-state index in [0.717, 1.165) is 37.7 Å². The van der Waals surface area contributed by atoms with Crippen LogP contribution in [-0.4, -0.2) is 44.8 Å². The highest BCUT2D eigenvalue weighted by molar-refractivity contribution is 6.30. The molecule has 1 fully saturated rings. The Labute approximate surface area is 120 Å². The van der Waals surface area contributed by atoms with Crippen LogP contribution in [0.25, 0.3) is 0 Å². The van der Waals surface area contributed by atoms with Crippen molar-refractivity contribution in [1.29, 1.82) is 0 Å². The summed E-state index contributed by atoms with van der Waals surface area (Å²) in [6.45, 7) is 3.73. The van der Waals surface area contributed by atoms with Gasteiger partial charge in [-0.1, -0.05) is 23.7 Å². The lowest BCUT2D eigenvalue weighted by Crippen LogP contribution is -2.45. The number of ether oxygens (including phenoxy) is 1. The second kappa shape index (κ2) is 7.25. The molecule has 0 saturated carbocycles. The predicted molar refractivity (Wildman–Crippen MR) is 79.6 cm³/mol. The molecule has 1 aliphatic rings. The minimum atomic E-state index is 0.566. The van der Waals surface area contributed by atoms with Gasteiger partial charge in [0.2, 0.25) is 0 Å². The molecule has 106 valence electrons. The smallest absolute Gasteiger partial charge is 0.0521 e. The van der Waals surface area contributed by atoms with Crippen LogP contribution in [0.3, 0.4) is 0 Å². The fourth-order valence-electron chi connectivity index (χ4n) is 2.72. The second-order valence-electron chi connectivity index (χ2n) is 5.34. The fourth-order valence-corrected chi connectivity index (χ4v) is 2.85. The second-order valence-corrected chi connectivity index (χ2v) is 5.78. The van der Waals surface area contributed by atoms with E-state index < -0.39 is 0 Å². The van der Waals surface area contributed by atoms with E-state index in [4.69, 9.17) is 16.3 Å². The first kappa shape index (κ1) is 14.8. The van der Waals surface area contributed by atoms with Gasteiger partial charge in [-0.05, 0) is 38.2 Å². The minimum Gasteiger partial charge on any atom is -0.381 e. The van der Waals surface area contributed by atoms with Gasteiger partial charge in [-0.2, -0.15) is 0 Å². The number of benzene rings is 1. The normalized spacial score (nSPS) is 23.8. The van der Waals surface area contributed by atoms with Crippen LogP contribution in [-0.2, 0) is 11.3 Å². The number of rotatable bonds is 5. The first-order chi connectivity index (χ1) is 9.19. The van der Waals surface area contributed by atoms with Crippen molar-refractivity contribution in [3.63, 3.8) is 0 Å². The highest BCUT2D eigenvalue weighted by atomic mass is 35.5. The molecule has 0 bridgehead atoms. The number of nitrogens with zero attached hydrogens (tertiary/aromatic N) is 1. The summed E-state index contributed by atoms with van der Waals surface area (Å²) in [6, 6.07) is 8.65. The molecule has 0 spiro atoms. The molecular weight excluding hydrogens is 260 g/mol. The van der Waals surface area contributed by atoms with Crippen molar-refractivity contribution in [1.82, 2.24) is 10.2 Å². The maximum atomic E-state index is 5.90. The molecule has 0 aromatic heterocycles. The molecule has 4 heteroatoms. The van der Waals surface area contributed by atoms with Gasteiger partial charge in [0.05, 0.1) is 6.61 Å². The molecule has 1 N–H and O–H groups in total. The quantitative estimate of drug-likeness (QED) is 0.898. The molecule has 2 rings (SSSR count). The maximum absolute atomic E-state index is 5.90. The molecule has 1 aliphatic heterocycles. The summed E-state index contributed by atoms with van der Waals surface area (Å²) in [6.07, 6.45) is 1.11. The Bertz CT molecular complexity index is 382. The summed E-state index contributed by atoms with van der Waals surface area (Å²) in [5.74, 6) is 0.566. The van der Waals surface area contributed by atoms with Gasteiger partial charge < -0.3 is 15.0 Å². The van der Waals surface area contributed by atoms with Crippen LogP contribution >= 0.6 is 11.6 Å². The van der Waals surface area contributed by atoms with Gasteiger partial charge in [-0.25, -0.2) is 0 Å². The first-order valence-corrected chi connectivity index (χ1v) is 7.25. The van der Waals surface area contributed by atoms with Crippen LogP contribution in [0, 0.1) is 5.92 Å². The number of hydrogen-bond donors (Lipinski definition) is 1. The van der Waals surface area contributed by atoms with Crippen molar-refractivity contribution in [2.45, 2.75) is 19.0 Å². The van der Waals surface area contributed by atoms with Crippen molar-refractivity contribution >= 4 is 11.6 Å². The van der Waals surface area contributed by atoms with Crippen LogP contribution in [0.4, 0.5) is 0 Å². The fraction of sp³-hybridized carbons (Fsp3) is 0.600. The zero-order chi connectivity index (χ0) is 13.7. The SMILES string of the molecule is CNC1CCOCC1CN(C)Cc1ccc(Cl)cc1. The van der Waals surface area contributed by atoms with E-state index in [1.54, 1.807) is 0 Å². The Morgan fingerprint density at radius 2 is 2.11 bits per heavy atom. The third-order valence-corrected chi connectivity index (χ3v) is 4.01. The molecule has 2 atom stereocenters. The summed E-state index contributed by atoms with van der Waals surface area (Å²) in [5, 5.41) is 4.20. The Morgan fingerprint density at radius 1 is 1.37 bits per heavy atom. The predicted octanol–water partition coefficient (Wildman–Crippen LogP) is 2.40. The molecular formula is C15H23ClN2O. The van der Waals surface area contributed by atoms with Gasteiger partial charge in [0.1, 0.15) is 0 Å². The van der Waals surface area contributed by atoms with E-state index >= 15 is 0 Å². The Balaban J connectivity index is 1.86. The lowest BCUT2D eigenvalue weighted by atomic mass is 9.95. The number of hydrogen-bond acceptors (Lipinski definition) is 3. The largest absolute Gasteiger partial charge is 0.381 e. The molecule has 1 aromatic carbocycles. The average Bonchev–Trinajstić information content (AvgIpc) is 2.42. The van der Waals surface area contributed by atoms with E-state index in [-0.39, 0.29) is 0 Å². The van der Waals surface area contributed by atoms with Gasteiger partial charge in [-0.3, -0.25) is 0 Å². The van der Waals surface area contributed by atoms with E-state index in [9.17, 15) is 0 Å². The summed E-state index contributed by atoms with van der Waals surface area (Å²) in [4.78, 5) is 2.35. The van der Waals surface area contributed by atoms with Crippen molar-refractivity contribution in [2.75, 3.05) is 33.9 Å². The van der Waals surface area contributed by atoms with Crippen molar-refractivity contribution in [3.8, 4) is 0 Å². The summed E-state index contributed by atoms with van der Waals surface area (Å²) >= 11 is 5.90. The minimum absolute atomic E-state index is 0.566. The first-order valence-electron chi connectivity index (χ1n) is 6.87. The standard InChI is InChI=1S/C15H23ClN2O/c1-17-15-7-8-19-11-13(15)10-18(2)9-12-3-5-14(16)6-4-12/h3-6,13,15,17H,7-11H2,1-2H3. The van der Waals surface area contributed by atoms with E-state index in [0.29, 0.717) is 12.0 Å². The lowest BCUT2D eigenvalue weighted by Gasteiger charge is -2.34.